The van der Waals surface area contributed by atoms with Crippen LogP contribution in [0.25, 0.3) is 10.9 Å². The summed E-state index contributed by atoms with van der Waals surface area (Å²) in [6, 6.07) is 5.83. The fraction of sp³-hybridized carbons (Fsp3) is 0.286. The Hall–Kier alpha value is -2.28. The lowest BCUT2D eigenvalue weighted by Gasteiger charge is -2.13. The first-order chi connectivity index (χ1) is 8.51. The molecular weight excluding hydrogens is 228 g/mol. The van der Waals surface area contributed by atoms with Crippen LogP contribution >= 0.6 is 0 Å². The maximum Gasteiger partial charge on any atom is 0.269 e. The molecule has 4 heteroatoms. The van der Waals surface area contributed by atoms with Gasteiger partial charge in [-0.2, -0.15) is 5.26 Å². The van der Waals surface area contributed by atoms with Crippen LogP contribution in [0.4, 0.5) is 0 Å². The van der Waals surface area contributed by atoms with Crippen LogP contribution in [-0.4, -0.2) is 11.7 Å². The minimum atomic E-state index is -0.287. The van der Waals surface area contributed by atoms with Crippen LogP contribution in [0.2, 0.25) is 0 Å². The molecule has 0 radical (unpaired) electrons. The van der Waals surface area contributed by atoms with E-state index in [4.69, 9.17) is 10.00 Å². The molecule has 0 fully saturated rings. The van der Waals surface area contributed by atoms with Crippen LogP contribution in [0.1, 0.15) is 16.7 Å². The van der Waals surface area contributed by atoms with Gasteiger partial charge in [0.2, 0.25) is 0 Å². The van der Waals surface area contributed by atoms with Crippen LogP contribution in [0.5, 0.6) is 5.75 Å². The standard InChI is InChI=1S/C14H14N2O2/c1-8-5-10-9(2)11(7-15)14(17)16(3)13(10)12(6-8)18-4/h5-6H,1-4H3. The third-order valence-electron chi connectivity index (χ3n) is 3.18. The summed E-state index contributed by atoms with van der Waals surface area (Å²) in [7, 11) is 3.23. The van der Waals surface area contributed by atoms with E-state index in [-0.39, 0.29) is 11.1 Å². The van der Waals surface area contributed by atoms with Crippen LogP contribution in [0, 0.1) is 25.2 Å². The number of hydrogen-bond donors (Lipinski definition) is 0. The van der Waals surface area contributed by atoms with Crippen molar-refractivity contribution in [3.63, 3.8) is 0 Å². The van der Waals surface area contributed by atoms with Gasteiger partial charge in [0.05, 0.1) is 12.6 Å². The van der Waals surface area contributed by atoms with Gasteiger partial charge in [-0.1, -0.05) is 0 Å². The van der Waals surface area contributed by atoms with Crippen molar-refractivity contribution >= 4 is 10.9 Å². The number of nitriles is 1. The highest BCUT2D eigenvalue weighted by Gasteiger charge is 2.15. The van der Waals surface area contributed by atoms with Crippen molar-refractivity contribution in [3.05, 3.63) is 39.2 Å². The summed E-state index contributed by atoms with van der Waals surface area (Å²) < 4.78 is 6.80. The van der Waals surface area contributed by atoms with E-state index >= 15 is 0 Å². The van der Waals surface area contributed by atoms with Crippen LogP contribution in [0.15, 0.2) is 16.9 Å². The average molecular weight is 242 g/mol. The Bertz CT molecular complexity index is 736. The van der Waals surface area contributed by atoms with E-state index in [9.17, 15) is 4.79 Å². The van der Waals surface area contributed by atoms with E-state index in [1.54, 1.807) is 21.1 Å². The van der Waals surface area contributed by atoms with Gasteiger partial charge in [-0.3, -0.25) is 4.79 Å². The van der Waals surface area contributed by atoms with E-state index in [2.05, 4.69) is 0 Å². The Morgan fingerprint density at radius 1 is 1.33 bits per heavy atom. The topological polar surface area (TPSA) is 55.0 Å². The molecule has 1 aromatic carbocycles. The summed E-state index contributed by atoms with van der Waals surface area (Å²) >= 11 is 0. The van der Waals surface area contributed by atoms with Crippen molar-refractivity contribution in [2.45, 2.75) is 13.8 Å². The molecule has 0 spiro atoms. The lowest BCUT2D eigenvalue weighted by atomic mass is 10.0. The number of pyridine rings is 1. The van der Waals surface area contributed by atoms with Gasteiger partial charge in [-0.25, -0.2) is 0 Å². The molecule has 0 saturated heterocycles. The molecule has 0 amide bonds. The van der Waals surface area contributed by atoms with Gasteiger partial charge in [-0.15, -0.1) is 0 Å². The molecule has 4 nitrogen and oxygen atoms in total. The highest BCUT2D eigenvalue weighted by Crippen LogP contribution is 2.29. The molecule has 2 rings (SSSR count). The molecule has 92 valence electrons. The van der Waals surface area contributed by atoms with Crippen LogP contribution in [-0.2, 0) is 7.05 Å². The van der Waals surface area contributed by atoms with Gasteiger partial charge < -0.3 is 9.30 Å². The SMILES string of the molecule is COc1cc(C)cc2c(C)c(C#N)c(=O)n(C)c12. The maximum atomic E-state index is 12.1. The van der Waals surface area contributed by atoms with Gasteiger partial charge >= 0.3 is 0 Å². The fourth-order valence-corrected chi connectivity index (χ4v) is 2.23. The molecule has 2 aromatic rings. The number of aryl methyl sites for hydroxylation is 3. The highest BCUT2D eigenvalue weighted by molar-refractivity contribution is 5.89. The molecule has 1 aromatic heterocycles. The highest BCUT2D eigenvalue weighted by atomic mass is 16.5. The van der Waals surface area contributed by atoms with Crippen molar-refractivity contribution < 1.29 is 4.74 Å². The van der Waals surface area contributed by atoms with Gasteiger partial charge in [0.15, 0.2) is 0 Å². The van der Waals surface area contributed by atoms with Crippen molar-refractivity contribution in [1.82, 2.24) is 4.57 Å². The summed E-state index contributed by atoms with van der Waals surface area (Å²) in [6.45, 7) is 3.75. The second-order valence-electron chi connectivity index (χ2n) is 4.34. The summed E-state index contributed by atoms with van der Waals surface area (Å²) in [4.78, 5) is 12.1. The van der Waals surface area contributed by atoms with Crippen LogP contribution < -0.4 is 10.3 Å². The second-order valence-corrected chi connectivity index (χ2v) is 4.34. The third kappa shape index (κ3) is 1.56. The first-order valence-electron chi connectivity index (χ1n) is 5.59. The minimum absolute atomic E-state index is 0.192. The van der Waals surface area contributed by atoms with Gasteiger partial charge in [-0.05, 0) is 37.1 Å². The molecule has 0 aliphatic heterocycles. The van der Waals surface area contributed by atoms with E-state index in [0.29, 0.717) is 11.3 Å². The summed E-state index contributed by atoms with van der Waals surface area (Å²) in [5, 5.41) is 9.96. The fourth-order valence-electron chi connectivity index (χ4n) is 2.23. The molecule has 1 heterocycles. The van der Waals surface area contributed by atoms with Gasteiger partial charge in [0, 0.05) is 12.4 Å². The predicted molar refractivity (Wildman–Crippen MR) is 69.9 cm³/mol. The molecule has 0 N–H and O–H groups in total. The number of fused-ring (bicyclic) bond motifs is 1. The van der Waals surface area contributed by atoms with E-state index < -0.39 is 0 Å². The smallest absolute Gasteiger partial charge is 0.269 e. The average Bonchev–Trinajstić information content (AvgIpc) is 2.35. The Morgan fingerprint density at radius 2 is 2.00 bits per heavy atom. The van der Waals surface area contributed by atoms with E-state index in [1.807, 2.05) is 25.1 Å². The van der Waals surface area contributed by atoms with Crippen molar-refractivity contribution in [1.29, 1.82) is 5.26 Å². The van der Waals surface area contributed by atoms with E-state index in [1.165, 1.54) is 4.57 Å². The second kappa shape index (κ2) is 4.19. The molecule has 0 aliphatic carbocycles. The lowest BCUT2D eigenvalue weighted by molar-refractivity contribution is 0.417. The van der Waals surface area contributed by atoms with E-state index in [0.717, 1.165) is 16.5 Å². The quantitative estimate of drug-likeness (QED) is 0.769. The molecule has 0 atom stereocenters. The van der Waals surface area contributed by atoms with Crippen LogP contribution in [0.3, 0.4) is 0 Å². The largest absolute Gasteiger partial charge is 0.495 e. The first kappa shape index (κ1) is 12.2. The molecule has 0 unspecified atom stereocenters. The molecule has 0 aliphatic rings. The number of methoxy groups -OCH3 is 1. The minimum Gasteiger partial charge on any atom is -0.495 e. The Labute approximate surface area is 105 Å². The Kier molecular flexibility index (Phi) is 2.84. The number of hydrogen-bond acceptors (Lipinski definition) is 3. The van der Waals surface area contributed by atoms with Gasteiger partial charge in [0.25, 0.3) is 5.56 Å². The van der Waals surface area contributed by atoms with Crippen molar-refractivity contribution in [3.8, 4) is 11.8 Å². The van der Waals surface area contributed by atoms with Gasteiger partial charge in [0.1, 0.15) is 17.4 Å². The number of benzene rings is 1. The number of rotatable bonds is 1. The number of nitrogens with zero attached hydrogens (tertiary/aromatic N) is 2. The zero-order valence-corrected chi connectivity index (χ0v) is 10.9. The first-order valence-corrected chi connectivity index (χ1v) is 5.59. The normalized spacial score (nSPS) is 10.4. The Morgan fingerprint density at radius 3 is 2.56 bits per heavy atom. The monoisotopic (exact) mass is 242 g/mol. The summed E-state index contributed by atoms with van der Waals surface area (Å²) in [5.74, 6) is 0.650. The number of aromatic nitrogens is 1. The Balaban J connectivity index is 3.13. The maximum absolute atomic E-state index is 12.1. The lowest BCUT2D eigenvalue weighted by Crippen LogP contribution is -2.22. The van der Waals surface area contributed by atoms with Crippen molar-refractivity contribution in [2.24, 2.45) is 7.05 Å². The zero-order chi connectivity index (χ0) is 13.4. The molecule has 0 saturated carbocycles. The predicted octanol–water partition coefficient (Wildman–Crippen LogP) is 2.04. The third-order valence-corrected chi connectivity index (χ3v) is 3.18. The number of ether oxygens (including phenoxy) is 1. The molecule has 18 heavy (non-hydrogen) atoms. The molecule has 0 bridgehead atoms. The summed E-state index contributed by atoms with van der Waals surface area (Å²) in [6.07, 6.45) is 0. The zero-order valence-electron chi connectivity index (χ0n) is 10.9. The summed E-state index contributed by atoms with van der Waals surface area (Å²) in [5.41, 5.74) is 2.37. The van der Waals surface area contributed by atoms with Crippen molar-refractivity contribution in [2.75, 3.05) is 7.11 Å². The molecular formula is C14H14N2O2.